The Morgan fingerprint density at radius 3 is 3.04 bits per heavy atom. The first-order valence-corrected chi connectivity index (χ1v) is 8.61. The van der Waals surface area contributed by atoms with E-state index in [1.54, 1.807) is 23.5 Å². The molecule has 0 saturated carbocycles. The minimum Gasteiger partial charge on any atom is -0.349 e. The highest BCUT2D eigenvalue weighted by Gasteiger charge is 2.34. The number of hydrogen-bond donors (Lipinski definition) is 1. The number of aryl methyl sites for hydroxylation is 1. The highest BCUT2D eigenvalue weighted by Crippen LogP contribution is 2.20. The molecule has 0 spiro atoms. The first kappa shape index (κ1) is 17.1. The van der Waals surface area contributed by atoms with Gasteiger partial charge in [-0.1, -0.05) is 13.0 Å². The Morgan fingerprint density at radius 1 is 1.40 bits per heavy atom. The summed E-state index contributed by atoms with van der Waals surface area (Å²) in [6.07, 6.45) is 8.38. The SMILES string of the molecule is CCCn1ccnc1CNC(=O)[C@H]1CC(=O)N(Cc2cccnc2)C1. The van der Waals surface area contributed by atoms with Crippen LogP contribution in [0.1, 0.15) is 31.2 Å². The van der Waals surface area contributed by atoms with Gasteiger partial charge in [0.2, 0.25) is 11.8 Å². The standard InChI is InChI=1S/C18H23N5O2/c1-2-7-22-8-6-20-16(22)11-21-18(25)15-9-17(24)23(13-15)12-14-4-3-5-19-10-14/h3-6,8,10,15H,2,7,9,11-13H2,1H3,(H,21,25)/t15-/m0/s1. The lowest BCUT2D eigenvalue weighted by Gasteiger charge is -2.16. The van der Waals surface area contributed by atoms with Crippen LogP contribution in [0.3, 0.4) is 0 Å². The van der Waals surface area contributed by atoms with Gasteiger partial charge in [0.05, 0.1) is 12.5 Å². The number of aromatic nitrogens is 3. The van der Waals surface area contributed by atoms with Gasteiger partial charge in [0.25, 0.3) is 0 Å². The zero-order chi connectivity index (χ0) is 17.6. The number of pyridine rings is 1. The highest BCUT2D eigenvalue weighted by atomic mass is 16.2. The number of carbonyl (C=O) groups is 2. The van der Waals surface area contributed by atoms with Crippen molar-refractivity contribution in [1.29, 1.82) is 0 Å². The van der Waals surface area contributed by atoms with Crippen molar-refractivity contribution in [3.05, 3.63) is 48.3 Å². The molecule has 0 bridgehead atoms. The van der Waals surface area contributed by atoms with E-state index in [4.69, 9.17) is 0 Å². The number of carbonyl (C=O) groups excluding carboxylic acids is 2. The average molecular weight is 341 g/mol. The third-order valence-corrected chi connectivity index (χ3v) is 4.37. The van der Waals surface area contributed by atoms with Crippen molar-refractivity contribution in [2.45, 2.75) is 39.4 Å². The van der Waals surface area contributed by atoms with Crippen LogP contribution >= 0.6 is 0 Å². The average Bonchev–Trinajstić information content (AvgIpc) is 3.21. The first-order valence-electron chi connectivity index (χ1n) is 8.61. The Labute approximate surface area is 147 Å². The molecule has 1 aliphatic rings. The fourth-order valence-electron chi connectivity index (χ4n) is 3.07. The number of nitrogens with one attached hydrogen (secondary N) is 1. The van der Waals surface area contributed by atoms with Crippen molar-refractivity contribution >= 4 is 11.8 Å². The number of likely N-dealkylation sites (tertiary alicyclic amines) is 1. The van der Waals surface area contributed by atoms with Gasteiger partial charge >= 0.3 is 0 Å². The minimum absolute atomic E-state index is 0.0106. The monoisotopic (exact) mass is 341 g/mol. The van der Waals surface area contributed by atoms with Crippen LogP contribution in [-0.2, 0) is 29.2 Å². The summed E-state index contributed by atoms with van der Waals surface area (Å²) in [7, 11) is 0. The Hall–Kier alpha value is -2.70. The second-order valence-electron chi connectivity index (χ2n) is 6.29. The molecule has 25 heavy (non-hydrogen) atoms. The topological polar surface area (TPSA) is 80.1 Å². The summed E-state index contributed by atoms with van der Waals surface area (Å²) in [6, 6.07) is 3.78. The molecule has 2 aromatic rings. The Morgan fingerprint density at radius 2 is 2.28 bits per heavy atom. The van der Waals surface area contributed by atoms with Crippen LogP contribution in [0.5, 0.6) is 0 Å². The van der Waals surface area contributed by atoms with Crippen molar-refractivity contribution in [3.8, 4) is 0 Å². The van der Waals surface area contributed by atoms with Gasteiger partial charge in [-0.3, -0.25) is 14.6 Å². The van der Waals surface area contributed by atoms with Gasteiger partial charge in [0.1, 0.15) is 5.82 Å². The van der Waals surface area contributed by atoms with Gasteiger partial charge in [-0.05, 0) is 18.1 Å². The molecule has 1 aliphatic heterocycles. The molecular weight excluding hydrogens is 318 g/mol. The molecule has 1 fully saturated rings. The zero-order valence-electron chi connectivity index (χ0n) is 14.4. The quantitative estimate of drug-likeness (QED) is 0.824. The van der Waals surface area contributed by atoms with Crippen LogP contribution in [0.15, 0.2) is 36.9 Å². The maximum atomic E-state index is 12.4. The first-order chi connectivity index (χ1) is 12.2. The van der Waals surface area contributed by atoms with Crippen LogP contribution < -0.4 is 5.32 Å². The second-order valence-corrected chi connectivity index (χ2v) is 6.29. The van der Waals surface area contributed by atoms with E-state index >= 15 is 0 Å². The third kappa shape index (κ3) is 4.23. The van der Waals surface area contributed by atoms with E-state index in [2.05, 4.69) is 22.2 Å². The summed E-state index contributed by atoms with van der Waals surface area (Å²) in [4.78, 5) is 34.7. The smallest absolute Gasteiger partial charge is 0.225 e. The second kappa shape index (κ2) is 7.92. The molecule has 132 valence electrons. The van der Waals surface area contributed by atoms with E-state index in [1.165, 1.54) is 0 Å². The molecule has 0 aliphatic carbocycles. The van der Waals surface area contributed by atoms with Crippen molar-refractivity contribution in [2.75, 3.05) is 6.54 Å². The molecule has 7 nitrogen and oxygen atoms in total. The van der Waals surface area contributed by atoms with Crippen LogP contribution in [-0.4, -0.2) is 37.8 Å². The number of imidazole rings is 1. The predicted molar refractivity (Wildman–Crippen MR) is 92.1 cm³/mol. The van der Waals surface area contributed by atoms with E-state index in [9.17, 15) is 9.59 Å². The maximum Gasteiger partial charge on any atom is 0.225 e. The van der Waals surface area contributed by atoms with Gasteiger partial charge in [0.15, 0.2) is 0 Å². The molecule has 0 radical (unpaired) electrons. The highest BCUT2D eigenvalue weighted by molar-refractivity contribution is 5.89. The molecule has 2 aromatic heterocycles. The fraction of sp³-hybridized carbons (Fsp3) is 0.444. The molecule has 3 heterocycles. The minimum atomic E-state index is -0.307. The molecule has 1 atom stereocenters. The summed E-state index contributed by atoms with van der Waals surface area (Å²) < 4.78 is 2.04. The van der Waals surface area contributed by atoms with Gasteiger partial charge < -0.3 is 14.8 Å². The molecule has 0 unspecified atom stereocenters. The number of hydrogen-bond acceptors (Lipinski definition) is 4. The maximum absolute atomic E-state index is 12.4. The number of rotatable bonds is 7. The van der Waals surface area contributed by atoms with Crippen molar-refractivity contribution in [1.82, 2.24) is 24.8 Å². The van der Waals surface area contributed by atoms with Crippen LogP contribution in [0, 0.1) is 5.92 Å². The Bertz CT molecular complexity index is 728. The van der Waals surface area contributed by atoms with Gasteiger partial charge in [-0.2, -0.15) is 0 Å². The molecule has 0 aromatic carbocycles. The van der Waals surface area contributed by atoms with Crippen LogP contribution in [0.25, 0.3) is 0 Å². The predicted octanol–water partition coefficient (Wildman–Crippen LogP) is 1.35. The fourth-order valence-corrected chi connectivity index (χ4v) is 3.07. The summed E-state index contributed by atoms with van der Waals surface area (Å²) in [5.74, 6) is 0.454. The third-order valence-electron chi connectivity index (χ3n) is 4.37. The van der Waals surface area contributed by atoms with Gasteiger partial charge in [-0.15, -0.1) is 0 Å². The molecule has 3 rings (SSSR count). The zero-order valence-corrected chi connectivity index (χ0v) is 14.4. The van der Waals surface area contributed by atoms with E-state index in [0.29, 0.717) is 19.6 Å². The molecular formula is C18H23N5O2. The van der Waals surface area contributed by atoms with Crippen molar-refractivity contribution < 1.29 is 9.59 Å². The summed E-state index contributed by atoms with van der Waals surface area (Å²) in [6.45, 7) is 4.31. The van der Waals surface area contributed by atoms with E-state index in [0.717, 1.165) is 24.4 Å². The number of nitrogens with zero attached hydrogens (tertiary/aromatic N) is 4. The molecule has 2 amide bonds. The summed E-state index contributed by atoms with van der Waals surface area (Å²) in [5.41, 5.74) is 0.971. The lowest BCUT2D eigenvalue weighted by Crippen LogP contribution is -2.33. The molecule has 1 saturated heterocycles. The molecule has 7 heteroatoms. The van der Waals surface area contributed by atoms with Crippen LogP contribution in [0.2, 0.25) is 0 Å². The van der Waals surface area contributed by atoms with Crippen molar-refractivity contribution in [3.63, 3.8) is 0 Å². The van der Waals surface area contributed by atoms with E-state index in [1.807, 2.05) is 22.9 Å². The van der Waals surface area contributed by atoms with E-state index < -0.39 is 0 Å². The van der Waals surface area contributed by atoms with Crippen molar-refractivity contribution in [2.24, 2.45) is 5.92 Å². The molecule has 1 N–H and O–H groups in total. The Kier molecular flexibility index (Phi) is 5.42. The Balaban J connectivity index is 1.53. The van der Waals surface area contributed by atoms with Gasteiger partial charge in [0, 0.05) is 50.8 Å². The summed E-state index contributed by atoms with van der Waals surface area (Å²) >= 11 is 0. The normalized spacial score (nSPS) is 17.1. The lowest BCUT2D eigenvalue weighted by molar-refractivity contribution is -0.129. The van der Waals surface area contributed by atoms with Gasteiger partial charge in [-0.25, -0.2) is 4.98 Å². The number of amides is 2. The largest absolute Gasteiger partial charge is 0.349 e. The summed E-state index contributed by atoms with van der Waals surface area (Å²) in [5, 5.41) is 2.92. The lowest BCUT2D eigenvalue weighted by atomic mass is 10.1. The van der Waals surface area contributed by atoms with E-state index in [-0.39, 0.29) is 24.2 Å². The van der Waals surface area contributed by atoms with Crippen LogP contribution in [0.4, 0.5) is 0 Å².